The van der Waals surface area contributed by atoms with E-state index in [1.54, 1.807) is 0 Å². The van der Waals surface area contributed by atoms with Gasteiger partial charge >= 0.3 is 0 Å². The molecule has 0 aliphatic carbocycles. The third-order valence-corrected chi connectivity index (χ3v) is 4.83. The summed E-state index contributed by atoms with van der Waals surface area (Å²) in [6, 6.07) is 10.2. The Morgan fingerprint density at radius 2 is 1.64 bits per heavy atom. The lowest BCUT2D eigenvalue weighted by atomic mass is 10.2. The van der Waals surface area contributed by atoms with Crippen LogP contribution in [0.15, 0.2) is 42.7 Å². The number of rotatable bonds is 6. The second-order valence-corrected chi connectivity index (χ2v) is 6.49. The monoisotopic (exact) mass is 339 g/mol. The first-order valence-electron chi connectivity index (χ1n) is 9.03. The van der Waals surface area contributed by atoms with E-state index in [1.165, 1.54) is 18.5 Å². The van der Waals surface area contributed by atoms with Crippen molar-refractivity contribution >= 4 is 17.3 Å². The number of hydrogen-bond acceptors (Lipinski definition) is 7. The van der Waals surface area contributed by atoms with Gasteiger partial charge in [-0.3, -0.25) is 9.91 Å². The van der Waals surface area contributed by atoms with Crippen LogP contribution in [-0.2, 0) is 0 Å². The summed E-state index contributed by atoms with van der Waals surface area (Å²) in [7, 11) is 0. The molecule has 7 nitrogen and oxygen atoms in total. The topological polar surface area (TPSA) is 59.6 Å². The van der Waals surface area contributed by atoms with Crippen molar-refractivity contribution in [2.24, 2.45) is 0 Å². The summed E-state index contributed by atoms with van der Waals surface area (Å²) in [4.78, 5) is 13.5. The number of nitrogens with zero attached hydrogens (tertiary/aromatic N) is 5. The zero-order valence-electron chi connectivity index (χ0n) is 14.4. The number of benzene rings is 1. The largest absolute Gasteiger partial charge is 0.338 e. The van der Waals surface area contributed by atoms with E-state index in [0.29, 0.717) is 0 Å². The number of hydrazine groups is 2. The fraction of sp³-hybridized carbons (Fsp3) is 0.444. The van der Waals surface area contributed by atoms with E-state index in [1.807, 2.05) is 18.5 Å². The summed E-state index contributed by atoms with van der Waals surface area (Å²) in [6.07, 6.45) is 6.01. The molecule has 1 aromatic carbocycles. The molecular formula is C18H25N7. The summed E-state index contributed by atoms with van der Waals surface area (Å²) in [5.74, 6) is 0.855. The van der Waals surface area contributed by atoms with Crippen molar-refractivity contribution in [1.82, 2.24) is 20.4 Å². The number of fused-ring (bicyclic) bond motifs is 1. The summed E-state index contributed by atoms with van der Waals surface area (Å²) in [6.45, 7) is 6.37. The van der Waals surface area contributed by atoms with Crippen molar-refractivity contribution in [1.29, 1.82) is 0 Å². The molecule has 2 aromatic rings. The summed E-state index contributed by atoms with van der Waals surface area (Å²) < 4.78 is 0. The van der Waals surface area contributed by atoms with Crippen molar-refractivity contribution in [2.45, 2.75) is 12.8 Å². The highest BCUT2D eigenvalue weighted by Gasteiger charge is 2.19. The Balaban J connectivity index is 1.16. The van der Waals surface area contributed by atoms with Gasteiger partial charge in [0.15, 0.2) is 0 Å². The average Bonchev–Trinajstić information content (AvgIpc) is 3.10. The molecule has 1 fully saturated rings. The van der Waals surface area contributed by atoms with Crippen LogP contribution in [0.1, 0.15) is 12.8 Å². The fourth-order valence-corrected chi connectivity index (χ4v) is 3.41. The van der Waals surface area contributed by atoms with Crippen LogP contribution in [0.3, 0.4) is 0 Å². The van der Waals surface area contributed by atoms with E-state index in [2.05, 4.69) is 60.0 Å². The first-order valence-corrected chi connectivity index (χ1v) is 9.03. The SMILES string of the molecule is c1cnc(N2CCN(CCCCN3NNc4ccccc43)CC2)nc1. The number of para-hydroxylation sites is 2. The van der Waals surface area contributed by atoms with Crippen LogP contribution in [0, 0.1) is 0 Å². The summed E-state index contributed by atoms with van der Waals surface area (Å²) in [5, 5.41) is 2.19. The predicted octanol–water partition coefficient (Wildman–Crippen LogP) is 1.73. The normalized spacial score (nSPS) is 17.4. The fourth-order valence-electron chi connectivity index (χ4n) is 3.41. The summed E-state index contributed by atoms with van der Waals surface area (Å²) in [5.41, 5.74) is 8.83. The van der Waals surface area contributed by atoms with Crippen LogP contribution in [0.25, 0.3) is 0 Å². The Morgan fingerprint density at radius 3 is 2.48 bits per heavy atom. The third kappa shape index (κ3) is 3.83. The van der Waals surface area contributed by atoms with Crippen molar-refractivity contribution < 1.29 is 0 Å². The van der Waals surface area contributed by atoms with Gasteiger partial charge in [-0.1, -0.05) is 12.1 Å². The van der Waals surface area contributed by atoms with E-state index in [4.69, 9.17) is 0 Å². The summed E-state index contributed by atoms with van der Waals surface area (Å²) >= 11 is 0. The lowest BCUT2D eigenvalue weighted by Gasteiger charge is -2.34. The molecule has 0 atom stereocenters. The van der Waals surface area contributed by atoms with Crippen LogP contribution in [0.4, 0.5) is 17.3 Å². The van der Waals surface area contributed by atoms with Crippen molar-refractivity contribution in [3.63, 3.8) is 0 Å². The molecule has 1 aromatic heterocycles. The molecule has 0 amide bonds. The van der Waals surface area contributed by atoms with Crippen LogP contribution in [0.2, 0.25) is 0 Å². The molecule has 1 saturated heterocycles. The Hall–Kier alpha value is -2.38. The van der Waals surface area contributed by atoms with E-state index in [0.717, 1.165) is 50.9 Å². The van der Waals surface area contributed by atoms with Crippen molar-refractivity contribution in [3.05, 3.63) is 42.7 Å². The molecular weight excluding hydrogens is 314 g/mol. The number of unbranched alkanes of at least 4 members (excludes halogenated alkanes) is 1. The molecule has 0 bridgehead atoms. The minimum absolute atomic E-state index is 0.855. The van der Waals surface area contributed by atoms with Gasteiger partial charge in [0.25, 0.3) is 0 Å². The van der Waals surface area contributed by atoms with E-state index < -0.39 is 0 Å². The molecule has 7 heteroatoms. The molecule has 2 N–H and O–H groups in total. The van der Waals surface area contributed by atoms with Crippen LogP contribution < -0.4 is 20.9 Å². The molecule has 4 rings (SSSR count). The van der Waals surface area contributed by atoms with Crippen molar-refractivity contribution in [2.75, 3.05) is 54.6 Å². The smallest absolute Gasteiger partial charge is 0.225 e. The molecule has 2 aliphatic rings. The molecule has 2 aliphatic heterocycles. The zero-order chi connectivity index (χ0) is 16.9. The van der Waals surface area contributed by atoms with E-state index in [9.17, 15) is 0 Å². The van der Waals surface area contributed by atoms with Gasteiger partial charge in [-0.15, -0.1) is 5.53 Å². The Labute approximate surface area is 148 Å². The number of anilines is 3. The third-order valence-electron chi connectivity index (χ3n) is 4.83. The highest BCUT2D eigenvalue weighted by atomic mass is 15.7. The minimum atomic E-state index is 0.855. The standard InChI is InChI=1S/C18H25N7/c1-2-7-17-16(6-1)21-22-25(17)11-4-3-10-23-12-14-24(15-13-23)18-19-8-5-9-20-18/h1-2,5-9,21-22H,3-4,10-15H2. The van der Waals surface area contributed by atoms with Gasteiger partial charge in [0.1, 0.15) is 0 Å². The van der Waals surface area contributed by atoms with Crippen LogP contribution >= 0.6 is 0 Å². The maximum absolute atomic E-state index is 4.34. The van der Waals surface area contributed by atoms with Gasteiger partial charge in [0.05, 0.1) is 11.4 Å². The van der Waals surface area contributed by atoms with Crippen molar-refractivity contribution in [3.8, 4) is 0 Å². The lowest BCUT2D eigenvalue weighted by Crippen LogP contribution is -2.47. The molecule has 3 heterocycles. The first-order chi connectivity index (χ1) is 12.4. The van der Waals surface area contributed by atoms with Gasteiger partial charge in [0, 0.05) is 45.1 Å². The van der Waals surface area contributed by atoms with Gasteiger partial charge < -0.3 is 10.3 Å². The molecule has 0 unspecified atom stereocenters. The van der Waals surface area contributed by atoms with Gasteiger partial charge in [0.2, 0.25) is 5.95 Å². The molecule has 0 radical (unpaired) electrons. The average molecular weight is 339 g/mol. The van der Waals surface area contributed by atoms with Crippen LogP contribution in [0.5, 0.6) is 0 Å². The number of aromatic nitrogens is 2. The molecule has 0 saturated carbocycles. The van der Waals surface area contributed by atoms with Crippen LogP contribution in [-0.4, -0.2) is 54.1 Å². The number of hydrogen-bond donors (Lipinski definition) is 2. The lowest BCUT2D eigenvalue weighted by molar-refractivity contribution is 0.252. The Bertz CT molecular complexity index is 670. The number of nitrogens with one attached hydrogen (secondary N) is 2. The van der Waals surface area contributed by atoms with Gasteiger partial charge in [-0.05, 0) is 37.6 Å². The maximum atomic E-state index is 4.34. The quantitative estimate of drug-likeness (QED) is 0.777. The minimum Gasteiger partial charge on any atom is -0.338 e. The second-order valence-electron chi connectivity index (χ2n) is 6.49. The van der Waals surface area contributed by atoms with E-state index in [-0.39, 0.29) is 0 Å². The molecule has 132 valence electrons. The number of piperazine rings is 1. The van der Waals surface area contributed by atoms with E-state index >= 15 is 0 Å². The maximum Gasteiger partial charge on any atom is 0.225 e. The predicted molar refractivity (Wildman–Crippen MR) is 100 cm³/mol. The zero-order valence-corrected chi connectivity index (χ0v) is 14.4. The second kappa shape index (κ2) is 7.67. The first kappa shape index (κ1) is 16.1. The highest BCUT2D eigenvalue weighted by molar-refractivity contribution is 5.72. The molecule has 0 spiro atoms. The highest BCUT2D eigenvalue weighted by Crippen LogP contribution is 2.28. The van der Waals surface area contributed by atoms with Gasteiger partial charge in [-0.25, -0.2) is 9.97 Å². The Morgan fingerprint density at radius 1 is 0.880 bits per heavy atom. The van der Waals surface area contributed by atoms with Gasteiger partial charge in [-0.2, -0.15) is 0 Å². The molecule has 25 heavy (non-hydrogen) atoms. The Kier molecular flexibility index (Phi) is 4.94.